The van der Waals surface area contributed by atoms with E-state index >= 15 is 0 Å². The molecular weight excluding hydrogens is 591 g/mol. The summed E-state index contributed by atoms with van der Waals surface area (Å²) in [6.45, 7) is 13.9. The maximum absolute atomic E-state index is 2.47. The molecule has 0 bridgehead atoms. The first-order valence-corrected chi connectivity index (χ1v) is 17.5. The lowest BCUT2D eigenvalue weighted by Crippen LogP contribution is -2.11. The van der Waals surface area contributed by atoms with Crippen molar-refractivity contribution in [3.63, 3.8) is 0 Å². The highest BCUT2D eigenvalue weighted by molar-refractivity contribution is 6.32. The molecule has 0 radical (unpaired) electrons. The monoisotopic (exact) mass is 631 g/mol. The van der Waals surface area contributed by atoms with Crippen LogP contribution in [-0.2, 0) is 10.8 Å². The van der Waals surface area contributed by atoms with Gasteiger partial charge < -0.3 is 4.57 Å². The van der Waals surface area contributed by atoms with Gasteiger partial charge in [0.05, 0.1) is 11.0 Å². The van der Waals surface area contributed by atoms with Crippen molar-refractivity contribution in [1.29, 1.82) is 0 Å². The van der Waals surface area contributed by atoms with E-state index in [4.69, 9.17) is 0 Å². The Morgan fingerprint density at radius 2 is 0.898 bits per heavy atom. The third-order valence-electron chi connectivity index (χ3n) is 10.7. The summed E-state index contributed by atoms with van der Waals surface area (Å²) in [6, 6.07) is 52.5. The summed E-state index contributed by atoms with van der Waals surface area (Å²) in [6.07, 6.45) is 0. The van der Waals surface area contributed by atoms with Crippen molar-refractivity contribution in [1.82, 2.24) is 4.57 Å². The number of rotatable bonds is 2. The van der Waals surface area contributed by atoms with Gasteiger partial charge in [-0.15, -0.1) is 0 Å². The Labute approximate surface area is 288 Å². The van der Waals surface area contributed by atoms with Crippen LogP contribution in [0.4, 0.5) is 0 Å². The van der Waals surface area contributed by atoms with E-state index in [-0.39, 0.29) is 10.8 Å². The molecule has 1 nitrogen and oxygen atoms in total. The van der Waals surface area contributed by atoms with Gasteiger partial charge in [0, 0.05) is 16.5 Å². The normalized spacial score (nSPS) is 12.7. The van der Waals surface area contributed by atoms with Gasteiger partial charge in [-0.1, -0.05) is 139 Å². The second-order valence-electron chi connectivity index (χ2n) is 15.8. The second-order valence-corrected chi connectivity index (χ2v) is 15.8. The largest absolute Gasteiger partial charge is 0.309 e. The molecule has 9 aromatic rings. The standard InChI is InChI=1S/C48H41N/c1-47(2,3)32-21-25-36-40(28-32)41-29-33(48(4,5)6)22-26-39(41)46-42(36)27-31-13-7-8-14-35(31)45(46)30-19-23-34(24-20-30)49-43-17-11-9-15-37(43)38-16-10-12-18-44(38)49/h7-29H,1-6H3. The average molecular weight is 632 g/mol. The highest BCUT2D eigenvalue weighted by Gasteiger charge is 2.22. The van der Waals surface area contributed by atoms with Crippen molar-refractivity contribution in [2.45, 2.75) is 52.4 Å². The molecule has 0 saturated carbocycles. The second kappa shape index (κ2) is 10.5. The summed E-state index contributed by atoms with van der Waals surface area (Å²) in [4.78, 5) is 0. The fourth-order valence-corrected chi connectivity index (χ4v) is 8.04. The molecule has 0 spiro atoms. The van der Waals surface area contributed by atoms with Crippen LogP contribution in [-0.4, -0.2) is 4.57 Å². The maximum atomic E-state index is 2.47. The highest BCUT2D eigenvalue weighted by Crippen LogP contribution is 2.46. The van der Waals surface area contributed by atoms with Gasteiger partial charge in [0.25, 0.3) is 0 Å². The summed E-state index contributed by atoms with van der Waals surface area (Å²) in [7, 11) is 0. The molecular formula is C48H41N. The zero-order valence-electron chi connectivity index (χ0n) is 29.2. The maximum Gasteiger partial charge on any atom is 0.0541 e. The van der Waals surface area contributed by atoms with Crippen molar-refractivity contribution in [3.8, 4) is 16.8 Å². The Kier molecular flexibility index (Phi) is 6.40. The fraction of sp³-hybridized carbons (Fsp3) is 0.167. The van der Waals surface area contributed by atoms with E-state index in [0.29, 0.717) is 0 Å². The van der Waals surface area contributed by atoms with Crippen molar-refractivity contribution in [2.24, 2.45) is 0 Å². The number of fused-ring (bicyclic) bond motifs is 10. The first-order valence-electron chi connectivity index (χ1n) is 17.5. The molecule has 0 unspecified atom stereocenters. The van der Waals surface area contributed by atoms with Gasteiger partial charge >= 0.3 is 0 Å². The van der Waals surface area contributed by atoms with E-state index in [9.17, 15) is 0 Å². The van der Waals surface area contributed by atoms with Crippen LogP contribution >= 0.6 is 0 Å². The van der Waals surface area contributed by atoms with Gasteiger partial charge in [0.1, 0.15) is 0 Å². The van der Waals surface area contributed by atoms with Gasteiger partial charge in [-0.3, -0.25) is 0 Å². The van der Waals surface area contributed by atoms with Crippen molar-refractivity contribution in [3.05, 3.63) is 151 Å². The lowest BCUT2D eigenvalue weighted by Gasteiger charge is -2.24. The molecule has 1 heteroatoms. The zero-order valence-corrected chi connectivity index (χ0v) is 29.2. The number of para-hydroxylation sites is 2. The summed E-state index contributed by atoms with van der Waals surface area (Å²) >= 11 is 0. The molecule has 0 N–H and O–H groups in total. The summed E-state index contributed by atoms with van der Waals surface area (Å²) in [5.74, 6) is 0. The Morgan fingerprint density at radius 1 is 0.388 bits per heavy atom. The first-order chi connectivity index (χ1) is 23.6. The topological polar surface area (TPSA) is 4.93 Å². The van der Waals surface area contributed by atoms with Gasteiger partial charge in [0.15, 0.2) is 0 Å². The van der Waals surface area contributed by atoms with Gasteiger partial charge in [0.2, 0.25) is 0 Å². The first kappa shape index (κ1) is 29.7. The van der Waals surface area contributed by atoms with Crippen LogP contribution < -0.4 is 0 Å². The third kappa shape index (κ3) is 4.60. The lowest BCUT2D eigenvalue weighted by molar-refractivity contribution is 0.590. The molecule has 0 atom stereocenters. The number of aromatic nitrogens is 1. The van der Waals surface area contributed by atoms with E-state index in [0.717, 1.165) is 0 Å². The van der Waals surface area contributed by atoms with Gasteiger partial charge in [-0.2, -0.15) is 0 Å². The summed E-state index contributed by atoms with van der Waals surface area (Å²) in [5, 5.41) is 13.1. The minimum absolute atomic E-state index is 0.0476. The number of nitrogens with zero attached hydrogens (tertiary/aromatic N) is 1. The van der Waals surface area contributed by atoms with Crippen molar-refractivity contribution in [2.75, 3.05) is 0 Å². The predicted octanol–water partition coefficient (Wildman–Crippen LogP) is 13.7. The molecule has 1 heterocycles. The molecule has 8 aromatic carbocycles. The molecule has 0 amide bonds. The third-order valence-corrected chi connectivity index (χ3v) is 10.7. The molecule has 0 aliphatic rings. The minimum Gasteiger partial charge on any atom is -0.309 e. The van der Waals surface area contributed by atoms with Crippen LogP contribution in [0.2, 0.25) is 0 Å². The lowest BCUT2D eigenvalue weighted by atomic mass is 9.80. The smallest absolute Gasteiger partial charge is 0.0541 e. The molecule has 0 fully saturated rings. The van der Waals surface area contributed by atoms with Gasteiger partial charge in [-0.25, -0.2) is 0 Å². The number of benzene rings is 8. The Bertz CT molecular complexity index is 2710. The molecule has 0 aliphatic heterocycles. The Balaban J connectivity index is 1.37. The van der Waals surface area contributed by atoms with Crippen LogP contribution in [0.15, 0.2) is 140 Å². The Hall–Kier alpha value is -5.40. The van der Waals surface area contributed by atoms with Crippen molar-refractivity contribution >= 4 is 64.9 Å². The molecule has 49 heavy (non-hydrogen) atoms. The predicted molar refractivity (Wildman–Crippen MR) is 214 cm³/mol. The van der Waals surface area contributed by atoms with E-state index in [2.05, 4.69) is 186 Å². The quantitative estimate of drug-likeness (QED) is 0.132. The van der Waals surface area contributed by atoms with E-state index in [1.165, 1.54) is 92.8 Å². The van der Waals surface area contributed by atoms with Gasteiger partial charge in [-0.05, 0) is 119 Å². The average Bonchev–Trinajstić information content (AvgIpc) is 3.44. The van der Waals surface area contributed by atoms with Crippen molar-refractivity contribution < 1.29 is 0 Å². The minimum atomic E-state index is 0.0476. The molecule has 9 rings (SSSR count). The van der Waals surface area contributed by atoms with E-state index in [1.54, 1.807) is 0 Å². The molecule has 0 aliphatic carbocycles. The number of hydrogen-bond donors (Lipinski definition) is 0. The van der Waals surface area contributed by atoms with Crippen LogP contribution in [0.5, 0.6) is 0 Å². The van der Waals surface area contributed by atoms with E-state index in [1.807, 2.05) is 0 Å². The summed E-state index contributed by atoms with van der Waals surface area (Å²) < 4.78 is 2.40. The fourth-order valence-electron chi connectivity index (χ4n) is 8.04. The number of hydrogen-bond acceptors (Lipinski definition) is 0. The van der Waals surface area contributed by atoms with Crippen LogP contribution in [0.25, 0.3) is 81.7 Å². The molecule has 238 valence electrons. The Morgan fingerprint density at radius 3 is 1.49 bits per heavy atom. The van der Waals surface area contributed by atoms with Crippen LogP contribution in [0.1, 0.15) is 52.7 Å². The zero-order chi connectivity index (χ0) is 33.7. The van der Waals surface area contributed by atoms with Crippen LogP contribution in [0.3, 0.4) is 0 Å². The van der Waals surface area contributed by atoms with E-state index < -0.39 is 0 Å². The summed E-state index contributed by atoms with van der Waals surface area (Å²) in [5.41, 5.74) is 9.00. The highest BCUT2D eigenvalue weighted by atomic mass is 15.0. The SMILES string of the molecule is CC(C)(C)c1ccc2c(c1)c1cc(C(C)(C)C)ccc1c1c(-c3ccc(-n4c5ccccc5c5ccccc54)cc3)c3ccccc3cc21. The molecule has 1 aromatic heterocycles. The van der Waals surface area contributed by atoms with Crippen LogP contribution in [0, 0.1) is 0 Å². The molecule has 0 saturated heterocycles.